The van der Waals surface area contributed by atoms with E-state index in [1.807, 2.05) is 6.26 Å². The zero-order valence-electron chi connectivity index (χ0n) is 5.52. The molecule has 0 saturated heterocycles. The first-order chi connectivity index (χ1) is 5.15. The number of thiocarbonyl (C=S) groups is 1. The van der Waals surface area contributed by atoms with Crippen LogP contribution >= 0.6 is 47.2 Å². The van der Waals surface area contributed by atoms with Gasteiger partial charge in [-0.05, 0) is 6.26 Å². The molecule has 1 rings (SSSR count). The van der Waals surface area contributed by atoms with Crippen LogP contribution in [0.1, 0.15) is 5.82 Å². The summed E-state index contributed by atoms with van der Waals surface area (Å²) in [6, 6.07) is 0. The lowest BCUT2D eigenvalue weighted by Gasteiger charge is -1.90. The molecule has 0 bridgehead atoms. The molecule has 60 valence electrons. The van der Waals surface area contributed by atoms with Gasteiger partial charge in [0.05, 0.1) is 0 Å². The first-order valence-corrected chi connectivity index (χ1v) is 5.03. The summed E-state index contributed by atoms with van der Waals surface area (Å²) in [7, 11) is 0. The second kappa shape index (κ2) is 3.76. The monoisotopic (exact) mass is 226 g/mol. The van der Waals surface area contributed by atoms with Crippen molar-refractivity contribution in [1.29, 1.82) is 0 Å². The predicted molar refractivity (Wildman–Crippen MR) is 53.8 cm³/mol. The van der Waals surface area contributed by atoms with E-state index in [4.69, 9.17) is 35.4 Å². The lowest BCUT2D eigenvalue weighted by Crippen LogP contribution is -1.92. The largest absolute Gasteiger partial charge is 0.327 e. The van der Waals surface area contributed by atoms with E-state index in [-0.39, 0.29) is 5.15 Å². The Hall–Kier alpha value is 0.230. The molecule has 0 aliphatic carbocycles. The van der Waals surface area contributed by atoms with Crippen molar-refractivity contribution in [2.24, 2.45) is 0 Å². The van der Waals surface area contributed by atoms with E-state index in [2.05, 4.69) is 9.97 Å². The van der Waals surface area contributed by atoms with E-state index in [1.54, 1.807) is 0 Å². The van der Waals surface area contributed by atoms with E-state index in [9.17, 15) is 0 Å². The van der Waals surface area contributed by atoms with Crippen LogP contribution in [0.15, 0.2) is 0 Å². The minimum Gasteiger partial charge on any atom is -0.327 e. The van der Waals surface area contributed by atoms with Gasteiger partial charge < -0.3 is 4.98 Å². The Morgan fingerprint density at radius 2 is 2.27 bits per heavy atom. The highest BCUT2D eigenvalue weighted by molar-refractivity contribution is 8.23. The van der Waals surface area contributed by atoms with E-state index >= 15 is 0 Å². The first kappa shape index (κ1) is 9.32. The molecule has 1 N–H and O–H groups in total. The predicted octanol–water partition coefficient (Wildman–Crippen LogP) is 2.76. The minimum absolute atomic E-state index is 0.262. The van der Waals surface area contributed by atoms with E-state index in [1.165, 1.54) is 11.8 Å². The van der Waals surface area contributed by atoms with Gasteiger partial charge in [0.2, 0.25) is 0 Å². The molecule has 2 nitrogen and oxygen atoms in total. The maximum absolute atomic E-state index is 5.61. The topological polar surface area (TPSA) is 28.7 Å². The third-order valence-electron chi connectivity index (χ3n) is 0.998. The highest BCUT2D eigenvalue weighted by Crippen LogP contribution is 2.20. The molecule has 1 aromatic heterocycles. The van der Waals surface area contributed by atoms with Crippen LogP contribution in [-0.2, 0) is 0 Å². The van der Waals surface area contributed by atoms with Crippen molar-refractivity contribution in [1.82, 2.24) is 9.97 Å². The van der Waals surface area contributed by atoms with Gasteiger partial charge in [0.25, 0.3) is 0 Å². The number of imidazole rings is 1. The Labute approximate surface area is 83.7 Å². The molecule has 0 aromatic carbocycles. The third-order valence-corrected chi connectivity index (χ3v) is 2.90. The Morgan fingerprint density at radius 3 is 2.64 bits per heavy atom. The molecule has 0 spiro atoms. The second-order valence-electron chi connectivity index (χ2n) is 1.68. The summed E-state index contributed by atoms with van der Waals surface area (Å²) >= 11 is 17.6. The molecular weight excluding hydrogens is 223 g/mol. The summed E-state index contributed by atoms with van der Waals surface area (Å²) < 4.78 is 0.652. The number of nitrogens with zero attached hydrogens (tertiary/aromatic N) is 1. The molecule has 6 heteroatoms. The maximum Gasteiger partial charge on any atom is 0.166 e. The molecule has 0 unspecified atom stereocenters. The molecular formula is C5H4Cl2N2S2. The van der Waals surface area contributed by atoms with Gasteiger partial charge in [-0.25, -0.2) is 4.98 Å². The zero-order chi connectivity index (χ0) is 8.43. The normalized spacial score (nSPS) is 10.1. The van der Waals surface area contributed by atoms with Gasteiger partial charge in [0.15, 0.2) is 11.0 Å². The standard InChI is InChI=1S/C5H4Cl2N2S2/c1-11-5(10)4-8-2(6)3(7)9-4/h1H3,(H,8,9). The number of thioether (sulfide) groups is 1. The fourth-order valence-corrected chi connectivity index (χ4v) is 1.17. The van der Waals surface area contributed by atoms with Gasteiger partial charge in [-0.1, -0.05) is 35.4 Å². The van der Waals surface area contributed by atoms with Crippen LogP contribution in [0.3, 0.4) is 0 Å². The van der Waals surface area contributed by atoms with Gasteiger partial charge in [-0.3, -0.25) is 0 Å². The number of aromatic amines is 1. The van der Waals surface area contributed by atoms with Crippen LogP contribution < -0.4 is 0 Å². The Bertz CT molecular complexity index is 265. The van der Waals surface area contributed by atoms with Crippen molar-refractivity contribution in [3.05, 3.63) is 16.1 Å². The van der Waals surface area contributed by atoms with Crippen molar-refractivity contribution in [3.63, 3.8) is 0 Å². The van der Waals surface area contributed by atoms with Crippen LogP contribution in [0.2, 0.25) is 10.3 Å². The molecule has 11 heavy (non-hydrogen) atoms. The number of aromatic nitrogens is 2. The fourth-order valence-electron chi connectivity index (χ4n) is 0.524. The number of hydrogen-bond donors (Lipinski definition) is 1. The summed E-state index contributed by atoms with van der Waals surface area (Å²) in [6.45, 7) is 0. The summed E-state index contributed by atoms with van der Waals surface area (Å²) in [6.07, 6.45) is 1.87. The smallest absolute Gasteiger partial charge is 0.166 e. The second-order valence-corrected chi connectivity index (χ2v) is 3.90. The zero-order valence-corrected chi connectivity index (χ0v) is 8.66. The maximum atomic E-state index is 5.61. The van der Waals surface area contributed by atoms with E-state index < -0.39 is 0 Å². The van der Waals surface area contributed by atoms with Crippen molar-refractivity contribution in [3.8, 4) is 0 Å². The lowest BCUT2D eigenvalue weighted by molar-refractivity contribution is 1.28. The summed E-state index contributed by atoms with van der Waals surface area (Å²) in [5.41, 5.74) is 0. The molecule has 0 radical (unpaired) electrons. The van der Waals surface area contributed by atoms with Gasteiger partial charge in [-0.15, -0.1) is 11.8 Å². The molecule has 0 aliphatic heterocycles. The van der Waals surface area contributed by atoms with Crippen LogP contribution in [0.5, 0.6) is 0 Å². The first-order valence-electron chi connectivity index (χ1n) is 2.64. The molecule has 0 aliphatic rings. The Kier molecular flexibility index (Phi) is 3.18. The number of H-pyrrole nitrogens is 1. The minimum atomic E-state index is 0.262. The molecule has 0 amide bonds. The molecule has 0 saturated carbocycles. The number of nitrogens with one attached hydrogen (secondary N) is 1. The Balaban J connectivity index is 2.97. The summed E-state index contributed by atoms with van der Waals surface area (Å²) in [4.78, 5) is 6.65. The van der Waals surface area contributed by atoms with Crippen molar-refractivity contribution < 1.29 is 0 Å². The van der Waals surface area contributed by atoms with Crippen molar-refractivity contribution >= 4 is 51.4 Å². The van der Waals surface area contributed by atoms with Crippen LogP contribution in [0, 0.1) is 0 Å². The summed E-state index contributed by atoms with van der Waals surface area (Å²) in [5.74, 6) is 0.558. The number of rotatable bonds is 1. The van der Waals surface area contributed by atoms with Crippen LogP contribution in [0.25, 0.3) is 0 Å². The van der Waals surface area contributed by atoms with E-state index in [0.717, 1.165) is 0 Å². The van der Waals surface area contributed by atoms with Gasteiger partial charge in [-0.2, -0.15) is 0 Å². The lowest BCUT2D eigenvalue weighted by atomic mass is 10.7. The van der Waals surface area contributed by atoms with Gasteiger partial charge in [0, 0.05) is 0 Å². The van der Waals surface area contributed by atoms with Crippen molar-refractivity contribution in [2.75, 3.05) is 6.26 Å². The van der Waals surface area contributed by atoms with Crippen LogP contribution in [-0.4, -0.2) is 20.4 Å². The molecule has 0 fully saturated rings. The van der Waals surface area contributed by atoms with E-state index in [0.29, 0.717) is 15.2 Å². The molecule has 1 heterocycles. The van der Waals surface area contributed by atoms with Crippen LogP contribution in [0.4, 0.5) is 0 Å². The average Bonchev–Trinajstić information content (AvgIpc) is 2.31. The molecule has 1 aromatic rings. The average molecular weight is 227 g/mol. The van der Waals surface area contributed by atoms with Gasteiger partial charge >= 0.3 is 0 Å². The highest BCUT2D eigenvalue weighted by Gasteiger charge is 2.08. The number of hydrogen-bond acceptors (Lipinski definition) is 3. The number of halogens is 2. The highest BCUT2D eigenvalue weighted by atomic mass is 35.5. The Morgan fingerprint density at radius 1 is 1.64 bits per heavy atom. The third kappa shape index (κ3) is 2.08. The molecule has 0 atom stereocenters. The quantitative estimate of drug-likeness (QED) is 0.748. The fraction of sp³-hybridized carbons (Fsp3) is 0.200. The van der Waals surface area contributed by atoms with Crippen molar-refractivity contribution in [2.45, 2.75) is 0 Å². The van der Waals surface area contributed by atoms with Gasteiger partial charge in [0.1, 0.15) is 9.35 Å². The SMILES string of the molecule is CSC(=S)c1nc(Cl)c(Cl)[nH]1. The summed E-state index contributed by atoms with van der Waals surface area (Å²) in [5, 5.41) is 0.594.